The molecule has 0 atom stereocenters. The molecule has 0 spiro atoms. The van der Waals surface area contributed by atoms with Gasteiger partial charge in [-0.3, -0.25) is 9.36 Å². The van der Waals surface area contributed by atoms with Crippen LogP contribution in [0.3, 0.4) is 0 Å². The lowest BCUT2D eigenvalue weighted by Gasteiger charge is -2.10. The number of benzene rings is 1. The molecule has 0 saturated carbocycles. The van der Waals surface area contributed by atoms with E-state index in [-0.39, 0.29) is 12.4 Å². The zero-order valence-corrected chi connectivity index (χ0v) is 13.0. The van der Waals surface area contributed by atoms with Crippen molar-refractivity contribution in [3.63, 3.8) is 0 Å². The van der Waals surface area contributed by atoms with Gasteiger partial charge in [-0.2, -0.15) is 0 Å². The van der Waals surface area contributed by atoms with Crippen LogP contribution in [0.15, 0.2) is 27.8 Å². The summed E-state index contributed by atoms with van der Waals surface area (Å²) >= 11 is 4.49. The Morgan fingerprint density at radius 2 is 2.20 bits per heavy atom. The number of aliphatic hydroxyl groups excluding tert-OH is 1. The molecule has 8 heteroatoms. The summed E-state index contributed by atoms with van der Waals surface area (Å²) in [6, 6.07) is 5.65. The van der Waals surface area contributed by atoms with E-state index in [0.29, 0.717) is 11.0 Å². The van der Waals surface area contributed by atoms with Crippen LogP contribution in [-0.4, -0.2) is 36.7 Å². The molecule has 0 radical (unpaired) electrons. The smallest absolute Gasteiger partial charge is 0.313 e. The highest BCUT2D eigenvalue weighted by atomic mass is 79.9. The quantitative estimate of drug-likeness (QED) is 0.795. The molecule has 20 heavy (non-hydrogen) atoms. The number of aryl methyl sites for hydroxylation is 1. The van der Waals surface area contributed by atoms with Crippen LogP contribution in [0.25, 0.3) is 5.69 Å². The Hall–Kier alpha value is -1.38. The Morgan fingerprint density at radius 1 is 1.45 bits per heavy atom. The Bertz CT molecular complexity index is 645. The molecule has 106 valence electrons. The van der Waals surface area contributed by atoms with Gasteiger partial charge in [-0.25, -0.2) is 0 Å². The molecule has 0 fully saturated rings. The number of carboxylic acids is 1. The topological polar surface area (TPSA) is 88.2 Å². The SMILES string of the molecule is Cc1cc(-n2c(CO)nnc2SCC(=O)O)ccc1Br. The molecule has 1 aromatic carbocycles. The average Bonchev–Trinajstić information content (AvgIpc) is 2.82. The first kappa shape index (κ1) is 15.0. The Balaban J connectivity index is 2.44. The fourth-order valence-electron chi connectivity index (χ4n) is 1.65. The van der Waals surface area contributed by atoms with E-state index < -0.39 is 5.97 Å². The normalized spacial score (nSPS) is 10.8. The summed E-state index contributed by atoms with van der Waals surface area (Å²) in [5.41, 5.74) is 1.81. The van der Waals surface area contributed by atoms with Crippen molar-refractivity contribution < 1.29 is 15.0 Å². The van der Waals surface area contributed by atoms with Crippen LogP contribution in [0.5, 0.6) is 0 Å². The molecule has 0 aliphatic rings. The predicted molar refractivity (Wildman–Crippen MR) is 78.1 cm³/mol. The molecule has 0 aliphatic heterocycles. The number of aliphatic hydroxyl groups is 1. The summed E-state index contributed by atoms with van der Waals surface area (Å²) in [5.74, 6) is -0.666. The molecule has 1 heterocycles. The number of aromatic nitrogens is 3. The Labute approximate surface area is 128 Å². The van der Waals surface area contributed by atoms with E-state index in [9.17, 15) is 9.90 Å². The van der Waals surface area contributed by atoms with Crippen molar-refractivity contribution in [2.75, 3.05) is 5.75 Å². The maximum atomic E-state index is 10.7. The largest absolute Gasteiger partial charge is 0.481 e. The highest BCUT2D eigenvalue weighted by molar-refractivity contribution is 9.10. The molecular weight excluding hydrogens is 346 g/mol. The minimum atomic E-state index is -0.929. The third-order valence-electron chi connectivity index (χ3n) is 2.57. The van der Waals surface area contributed by atoms with Gasteiger partial charge in [0.15, 0.2) is 11.0 Å². The third kappa shape index (κ3) is 3.20. The average molecular weight is 358 g/mol. The number of carbonyl (C=O) groups is 1. The van der Waals surface area contributed by atoms with Crippen molar-refractivity contribution in [2.24, 2.45) is 0 Å². The van der Waals surface area contributed by atoms with Crippen molar-refractivity contribution in [1.82, 2.24) is 14.8 Å². The zero-order valence-electron chi connectivity index (χ0n) is 10.6. The fraction of sp³-hybridized carbons (Fsp3) is 0.250. The van der Waals surface area contributed by atoms with Gasteiger partial charge in [0, 0.05) is 10.2 Å². The van der Waals surface area contributed by atoms with E-state index in [1.165, 1.54) is 0 Å². The molecule has 2 N–H and O–H groups in total. The summed E-state index contributed by atoms with van der Waals surface area (Å²) in [6.45, 7) is 1.68. The van der Waals surface area contributed by atoms with E-state index >= 15 is 0 Å². The molecule has 0 bridgehead atoms. The van der Waals surface area contributed by atoms with Crippen LogP contribution in [0.1, 0.15) is 11.4 Å². The van der Waals surface area contributed by atoms with Gasteiger partial charge in [0.05, 0.1) is 5.75 Å². The van der Waals surface area contributed by atoms with Crippen molar-refractivity contribution in [3.05, 3.63) is 34.1 Å². The molecule has 0 amide bonds. The minimum absolute atomic E-state index is 0.112. The zero-order chi connectivity index (χ0) is 14.7. The molecule has 1 aromatic heterocycles. The van der Waals surface area contributed by atoms with Gasteiger partial charge in [-0.05, 0) is 30.7 Å². The maximum absolute atomic E-state index is 10.7. The number of hydrogen-bond donors (Lipinski definition) is 2. The van der Waals surface area contributed by atoms with Crippen LogP contribution < -0.4 is 0 Å². The lowest BCUT2D eigenvalue weighted by molar-refractivity contribution is -0.133. The standard InChI is InChI=1S/C12H12BrN3O3S/c1-7-4-8(2-3-9(7)13)16-10(5-17)14-15-12(16)20-6-11(18)19/h2-4,17H,5-6H2,1H3,(H,18,19). The van der Waals surface area contributed by atoms with E-state index in [1.807, 2.05) is 25.1 Å². The number of hydrogen-bond acceptors (Lipinski definition) is 5. The molecule has 0 saturated heterocycles. The monoisotopic (exact) mass is 357 g/mol. The Morgan fingerprint density at radius 3 is 2.80 bits per heavy atom. The van der Waals surface area contributed by atoms with Crippen molar-refractivity contribution in [2.45, 2.75) is 18.7 Å². The summed E-state index contributed by atoms with van der Waals surface area (Å²) < 4.78 is 2.63. The summed E-state index contributed by atoms with van der Waals surface area (Å²) in [4.78, 5) is 10.7. The first-order valence-corrected chi connectivity index (χ1v) is 7.47. The summed E-state index contributed by atoms with van der Waals surface area (Å²) in [6.07, 6.45) is 0. The molecule has 6 nitrogen and oxygen atoms in total. The van der Waals surface area contributed by atoms with Gasteiger partial charge in [-0.15, -0.1) is 10.2 Å². The number of carboxylic acid groups (broad SMARTS) is 1. The second-order valence-electron chi connectivity index (χ2n) is 4.01. The summed E-state index contributed by atoms with van der Waals surface area (Å²) in [5, 5.41) is 26.3. The van der Waals surface area contributed by atoms with Gasteiger partial charge < -0.3 is 10.2 Å². The number of thioether (sulfide) groups is 1. The molecular formula is C12H12BrN3O3S. The van der Waals surface area contributed by atoms with Gasteiger partial charge in [0.1, 0.15) is 6.61 Å². The van der Waals surface area contributed by atoms with E-state index in [1.54, 1.807) is 4.57 Å². The van der Waals surface area contributed by atoms with Crippen molar-refractivity contribution >= 4 is 33.7 Å². The lowest BCUT2D eigenvalue weighted by Crippen LogP contribution is -2.05. The van der Waals surface area contributed by atoms with Gasteiger partial charge in [0.25, 0.3) is 0 Å². The highest BCUT2D eigenvalue weighted by Gasteiger charge is 2.15. The van der Waals surface area contributed by atoms with Gasteiger partial charge in [-0.1, -0.05) is 27.7 Å². The van der Waals surface area contributed by atoms with E-state index in [0.717, 1.165) is 27.5 Å². The summed E-state index contributed by atoms with van der Waals surface area (Å²) in [7, 11) is 0. The first-order chi connectivity index (χ1) is 9.52. The number of halogens is 1. The number of rotatable bonds is 5. The first-order valence-electron chi connectivity index (χ1n) is 5.69. The van der Waals surface area contributed by atoms with Gasteiger partial charge >= 0.3 is 5.97 Å². The fourth-order valence-corrected chi connectivity index (χ4v) is 2.59. The molecule has 2 aromatic rings. The predicted octanol–water partition coefficient (Wildman–Crippen LogP) is 2.01. The number of nitrogens with zero attached hydrogens (tertiary/aromatic N) is 3. The van der Waals surface area contributed by atoms with Crippen LogP contribution >= 0.6 is 27.7 Å². The Kier molecular flexibility index (Phi) is 4.79. The van der Waals surface area contributed by atoms with Crippen LogP contribution in [-0.2, 0) is 11.4 Å². The third-order valence-corrected chi connectivity index (χ3v) is 4.37. The van der Waals surface area contributed by atoms with Crippen molar-refractivity contribution in [3.8, 4) is 5.69 Å². The van der Waals surface area contributed by atoms with Crippen LogP contribution in [0.2, 0.25) is 0 Å². The van der Waals surface area contributed by atoms with E-state index in [4.69, 9.17) is 5.11 Å². The van der Waals surface area contributed by atoms with E-state index in [2.05, 4.69) is 26.1 Å². The van der Waals surface area contributed by atoms with Crippen LogP contribution in [0, 0.1) is 6.92 Å². The van der Waals surface area contributed by atoms with Crippen molar-refractivity contribution in [1.29, 1.82) is 0 Å². The second-order valence-corrected chi connectivity index (χ2v) is 5.81. The lowest BCUT2D eigenvalue weighted by atomic mass is 10.2. The molecule has 2 rings (SSSR count). The number of aliphatic carboxylic acids is 1. The maximum Gasteiger partial charge on any atom is 0.313 e. The second kappa shape index (κ2) is 6.38. The van der Waals surface area contributed by atoms with Gasteiger partial charge in [0.2, 0.25) is 0 Å². The highest BCUT2D eigenvalue weighted by Crippen LogP contribution is 2.25. The molecule has 0 unspecified atom stereocenters. The molecule has 0 aliphatic carbocycles. The van der Waals surface area contributed by atoms with Crippen LogP contribution in [0.4, 0.5) is 0 Å². The minimum Gasteiger partial charge on any atom is -0.481 e.